The first kappa shape index (κ1) is 13.6. The molecule has 114 valence electrons. The largest absolute Gasteiger partial charge is 0.346 e. The van der Waals surface area contributed by atoms with E-state index < -0.39 is 0 Å². The van der Waals surface area contributed by atoms with Crippen molar-refractivity contribution in [1.82, 2.24) is 29.9 Å². The summed E-state index contributed by atoms with van der Waals surface area (Å²) in [6, 6.07) is 10.4. The molecular formula is C17H16N6. The average molecular weight is 304 g/mol. The third-order valence-corrected chi connectivity index (χ3v) is 3.85. The number of fused-ring (bicyclic) bond motifs is 1. The highest BCUT2D eigenvalue weighted by Gasteiger charge is 2.15. The zero-order valence-corrected chi connectivity index (χ0v) is 13.0. The number of hydrogen-bond acceptors (Lipinski definition) is 4. The number of rotatable bonds is 3. The lowest BCUT2D eigenvalue weighted by Gasteiger charge is -2.01. The molecular weight excluding hydrogens is 288 g/mol. The molecule has 3 aromatic heterocycles. The normalized spacial score (nSPS) is 11.2. The van der Waals surface area contributed by atoms with E-state index in [9.17, 15) is 0 Å². The summed E-state index contributed by atoms with van der Waals surface area (Å²) in [5, 5.41) is 10.1. The lowest BCUT2D eigenvalue weighted by molar-refractivity contribution is 0.589. The van der Waals surface area contributed by atoms with Gasteiger partial charge in [-0.2, -0.15) is 15.0 Å². The van der Waals surface area contributed by atoms with E-state index in [1.54, 1.807) is 11.1 Å². The van der Waals surface area contributed by atoms with Gasteiger partial charge in [-0.1, -0.05) is 29.8 Å². The van der Waals surface area contributed by atoms with Gasteiger partial charge in [0.25, 0.3) is 0 Å². The van der Waals surface area contributed by atoms with Gasteiger partial charge in [-0.3, -0.25) is 0 Å². The maximum atomic E-state index is 4.63. The third-order valence-electron chi connectivity index (χ3n) is 3.85. The first-order chi connectivity index (χ1) is 11.2. The van der Waals surface area contributed by atoms with Gasteiger partial charge < -0.3 is 4.98 Å². The fourth-order valence-electron chi connectivity index (χ4n) is 2.64. The number of nitrogens with zero attached hydrogens (tertiary/aromatic N) is 5. The molecule has 6 heteroatoms. The molecule has 0 unspecified atom stereocenters. The van der Waals surface area contributed by atoms with Crippen molar-refractivity contribution in [3.05, 3.63) is 59.7 Å². The maximum absolute atomic E-state index is 4.63. The zero-order chi connectivity index (χ0) is 15.8. The second-order valence-corrected chi connectivity index (χ2v) is 5.61. The average Bonchev–Trinajstić information content (AvgIpc) is 3.16. The second-order valence-electron chi connectivity index (χ2n) is 5.61. The summed E-state index contributed by atoms with van der Waals surface area (Å²) in [4.78, 5) is 13.4. The number of hydrogen-bond donors (Lipinski definition) is 1. The van der Waals surface area contributed by atoms with E-state index in [0.717, 1.165) is 28.1 Å². The monoisotopic (exact) mass is 304 g/mol. The molecule has 6 nitrogen and oxygen atoms in total. The standard InChI is InChI=1S/C17H16N6/c1-11-3-5-13(6-4-11)9-23-21-12(2)15(22-23)16-14-7-8-18-17(14)20-10-19-16/h3-8,10H,9H2,1-2H3,(H,18,19,20). The molecule has 0 aliphatic rings. The fraction of sp³-hybridized carbons (Fsp3) is 0.176. The number of H-pyrrole nitrogens is 1. The number of aromatic amines is 1. The van der Waals surface area contributed by atoms with Crippen molar-refractivity contribution in [2.45, 2.75) is 20.4 Å². The van der Waals surface area contributed by atoms with Crippen LogP contribution in [0.5, 0.6) is 0 Å². The molecule has 0 saturated heterocycles. The van der Waals surface area contributed by atoms with Crippen molar-refractivity contribution in [3.8, 4) is 11.4 Å². The van der Waals surface area contributed by atoms with Gasteiger partial charge in [-0.15, -0.1) is 0 Å². The maximum Gasteiger partial charge on any atom is 0.141 e. The van der Waals surface area contributed by atoms with Crippen molar-refractivity contribution in [3.63, 3.8) is 0 Å². The molecule has 0 atom stereocenters. The number of aromatic nitrogens is 6. The lowest BCUT2D eigenvalue weighted by Crippen LogP contribution is -2.04. The molecule has 0 fully saturated rings. The van der Waals surface area contributed by atoms with E-state index in [-0.39, 0.29) is 0 Å². The van der Waals surface area contributed by atoms with Crippen LogP contribution in [0.3, 0.4) is 0 Å². The van der Waals surface area contributed by atoms with Crippen LogP contribution >= 0.6 is 0 Å². The van der Waals surface area contributed by atoms with Crippen LogP contribution in [0.15, 0.2) is 42.9 Å². The Balaban J connectivity index is 1.72. The first-order valence-corrected chi connectivity index (χ1v) is 7.46. The third kappa shape index (κ3) is 2.48. The Labute approximate surface area is 133 Å². The van der Waals surface area contributed by atoms with Crippen LogP contribution < -0.4 is 0 Å². The molecule has 1 N–H and O–H groups in total. The topological polar surface area (TPSA) is 72.3 Å². The fourth-order valence-corrected chi connectivity index (χ4v) is 2.64. The summed E-state index contributed by atoms with van der Waals surface area (Å²) in [7, 11) is 0. The molecule has 4 rings (SSSR count). The Hall–Kier alpha value is -3.02. The Morgan fingerprint density at radius 1 is 0.957 bits per heavy atom. The van der Waals surface area contributed by atoms with Crippen LogP contribution in [-0.4, -0.2) is 29.9 Å². The van der Waals surface area contributed by atoms with Crippen LogP contribution in [0.1, 0.15) is 16.8 Å². The van der Waals surface area contributed by atoms with Crippen molar-refractivity contribution >= 4 is 11.0 Å². The second kappa shape index (κ2) is 5.31. The summed E-state index contributed by atoms with van der Waals surface area (Å²) in [5.74, 6) is 0. The number of benzene rings is 1. The van der Waals surface area contributed by atoms with Crippen molar-refractivity contribution in [2.24, 2.45) is 0 Å². The minimum atomic E-state index is 0.641. The predicted molar refractivity (Wildman–Crippen MR) is 87.9 cm³/mol. The molecule has 0 aliphatic heterocycles. The van der Waals surface area contributed by atoms with Crippen molar-refractivity contribution in [1.29, 1.82) is 0 Å². The van der Waals surface area contributed by atoms with Gasteiger partial charge in [0.15, 0.2) is 0 Å². The molecule has 1 aromatic carbocycles. The van der Waals surface area contributed by atoms with Gasteiger partial charge in [-0.25, -0.2) is 9.97 Å². The highest BCUT2D eigenvalue weighted by atomic mass is 15.5. The van der Waals surface area contributed by atoms with Crippen molar-refractivity contribution < 1.29 is 0 Å². The quantitative estimate of drug-likeness (QED) is 0.631. The van der Waals surface area contributed by atoms with E-state index in [2.05, 4.69) is 56.3 Å². The Morgan fingerprint density at radius 3 is 2.61 bits per heavy atom. The minimum absolute atomic E-state index is 0.641. The molecule has 3 heterocycles. The summed E-state index contributed by atoms with van der Waals surface area (Å²) < 4.78 is 0. The minimum Gasteiger partial charge on any atom is -0.346 e. The Bertz CT molecular complexity index is 964. The van der Waals surface area contributed by atoms with Crippen LogP contribution in [-0.2, 0) is 6.54 Å². The molecule has 0 aliphatic carbocycles. The highest BCUT2D eigenvalue weighted by Crippen LogP contribution is 2.24. The smallest absolute Gasteiger partial charge is 0.141 e. The van der Waals surface area contributed by atoms with Gasteiger partial charge in [0.1, 0.15) is 23.4 Å². The highest BCUT2D eigenvalue weighted by molar-refractivity contribution is 5.89. The SMILES string of the molecule is Cc1ccc(Cn2nc(C)c(-c3ncnc4[nH]ccc34)n2)cc1. The summed E-state index contributed by atoms with van der Waals surface area (Å²) in [6.45, 7) is 4.67. The Kier molecular flexibility index (Phi) is 3.15. The lowest BCUT2D eigenvalue weighted by atomic mass is 10.1. The first-order valence-electron chi connectivity index (χ1n) is 7.46. The van der Waals surface area contributed by atoms with Crippen molar-refractivity contribution in [2.75, 3.05) is 0 Å². The number of aryl methyl sites for hydroxylation is 2. The number of nitrogens with one attached hydrogen (secondary N) is 1. The molecule has 23 heavy (non-hydrogen) atoms. The van der Waals surface area contributed by atoms with Crippen LogP contribution in [0.4, 0.5) is 0 Å². The van der Waals surface area contributed by atoms with Gasteiger partial charge >= 0.3 is 0 Å². The van der Waals surface area contributed by atoms with Crippen LogP contribution in [0.2, 0.25) is 0 Å². The van der Waals surface area contributed by atoms with E-state index in [4.69, 9.17) is 0 Å². The Morgan fingerprint density at radius 2 is 1.78 bits per heavy atom. The molecule has 0 radical (unpaired) electrons. The molecule has 0 saturated carbocycles. The van der Waals surface area contributed by atoms with Gasteiger partial charge in [0, 0.05) is 11.6 Å². The molecule has 0 spiro atoms. The van der Waals surface area contributed by atoms with Gasteiger partial charge in [0.05, 0.1) is 12.2 Å². The summed E-state index contributed by atoms with van der Waals surface area (Å²) in [6.07, 6.45) is 3.40. The van der Waals surface area contributed by atoms with Crippen LogP contribution in [0, 0.1) is 13.8 Å². The van der Waals surface area contributed by atoms with Gasteiger partial charge in [-0.05, 0) is 25.5 Å². The summed E-state index contributed by atoms with van der Waals surface area (Å²) in [5.41, 5.74) is 5.69. The molecule has 0 amide bonds. The van der Waals surface area contributed by atoms with Gasteiger partial charge in [0.2, 0.25) is 0 Å². The summed E-state index contributed by atoms with van der Waals surface area (Å²) >= 11 is 0. The molecule has 0 bridgehead atoms. The van der Waals surface area contributed by atoms with E-state index in [1.807, 2.05) is 19.2 Å². The van der Waals surface area contributed by atoms with E-state index in [1.165, 1.54) is 11.1 Å². The van der Waals surface area contributed by atoms with E-state index in [0.29, 0.717) is 6.54 Å². The van der Waals surface area contributed by atoms with Crippen LogP contribution in [0.25, 0.3) is 22.4 Å². The predicted octanol–water partition coefficient (Wildman–Crippen LogP) is 2.88. The zero-order valence-electron chi connectivity index (χ0n) is 13.0. The van der Waals surface area contributed by atoms with E-state index >= 15 is 0 Å². The molecule has 4 aromatic rings.